The Hall–Kier alpha value is -3.15. The molecule has 2 aromatic rings. The van der Waals surface area contributed by atoms with Crippen LogP contribution in [-0.4, -0.2) is 36.7 Å². The second-order valence-electron chi connectivity index (χ2n) is 6.13. The lowest BCUT2D eigenvalue weighted by atomic mass is 10.1. The summed E-state index contributed by atoms with van der Waals surface area (Å²) in [6, 6.07) is 7.97. The van der Waals surface area contributed by atoms with Crippen molar-refractivity contribution >= 4 is 29.2 Å². The molecule has 6 nitrogen and oxygen atoms in total. The van der Waals surface area contributed by atoms with E-state index in [9.17, 15) is 35.9 Å². The minimum Gasteiger partial charge on any atom is -0.463 e. The van der Waals surface area contributed by atoms with Crippen molar-refractivity contribution < 1.29 is 45.4 Å². The first-order valence-corrected chi connectivity index (χ1v) is 9.11. The van der Waals surface area contributed by atoms with Crippen LogP contribution in [0.2, 0.25) is 5.02 Å². The molecule has 2 rings (SSSR count). The van der Waals surface area contributed by atoms with Crippen LogP contribution >= 0.6 is 11.6 Å². The van der Waals surface area contributed by atoms with E-state index in [4.69, 9.17) is 11.6 Å². The molecule has 0 heterocycles. The number of alkyl halides is 6. The summed E-state index contributed by atoms with van der Waals surface area (Å²) in [6.07, 6.45) is -10.4. The smallest absolute Gasteiger partial charge is 0.463 e. The topological polar surface area (TPSA) is 76.7 Å². The van der Waals surface area contributed by atoms with Gasteiger partial charge in [0.05, 0.1) is 6.61 Å². The van der Waals surface area contributed by atoms with Gasteiger partial charge in [-0.15, -0.1) is 13.2 Å². The van der Waals surface area contributed by atoms with Gasteiger partial charge in [-0.3, -0.25) is 4.79 Å². The monoisotopic (exact) mass is 484 g/mol. The van der Waals surface area contributed by atoms with Crippen molar-refractivity contribution in [3.8, 4) is 5.75 Å². The molecular weight excluding hydrogens is 470 g/mol. The molecule has 0 fully saturated rings. The predicted octanol–water partition coefficient (Wildman–Crippen LogP) is 4.90. The van der Waals surface area contributed by atoms with Gasteiger partial charge in [-0.1, -0.05) is 17.7 Å². The second kappa shape index (κ2) is 9.55. The number of carbonyl (C=O) groups is 2. The molecule has 0 radical (unpaired) electrons. The predicted molar refractivity (Wildman–Crippen MR) is 101 cm³/mol. The highest BCUT2D eigenvalue weighted by Crippen LogP contribution is 2.34. The van der Waals surface area contributed by atoms with E-state index in [-0.39, 0.29) is 10.6 Å². The molecule has 1 atom stereocenters. The van der Waals surface area contributed by atoms with Crippen LogP contribution in [0.4, 0.5) is 32.0 Å². The maximum absolute atomic E-state index is 14.1. The molecule has 1 amide bonds. The minimum atomic E-state index is -5.44. The van der Waals surface area contributed by atoms with Crippen LogP contribution in [0.15, 0.2) is 48.5 Å². The number of esters is 1. The van der Waals surface area contributed by atoms with Gasteiger partial charge in [0.2, 0.25) is 0 Å². The van der Waals surface area contributed by atoms with Crippen molar-refractivity contribution in [2.75, 3.05) is 11.9 Å². The van der Waals surface area contributed by atoms with Crippen molar-refractivity contribution in [2.45, 2.75) is 25.1 Å². The van der Waals surface area contributed by atoms with Crippen molar-refractivity contribution in [1.29, 1.82) is 0 Å². The lowest BCUT2D eigenvalue weighted by molar-refractivity contribution is -0.274. The SMILES string of the molecule is CCOC(=O)[C@](NC(=O)c1cccc(Cl)c1)(Nc1ccc(OC(F)(F)F)cc1)C(F)(F)F. The van der Waals surface area contributed by atoms with E-state index in [2.05, 4.69) is 9.47 Å². The van der Waals surface area contributed by atoms with Gasteiger partial charge in [-0.2, -0.15) is 13.2 Å². The molecule has 0 unspecified atom stereocenters. The summed E-state index contributed by atoms with van der Waals surface area (Å²) in [4.78, 5) is 24.9. The summed E-state index contributed by atoms with van der Waals surface area (Å²) < 4.78 is 87.4. The molecule has 0 aliphatic carbocycles. The zero-order chi connectivity index (χ0) is 24.2. The van der Waals surface area contributed by atoms with Crippen LogP contribution in [0, 0.1) is 0 Å². The highest BCUT2D eigenvalue weighted by Gasteiger charge is 2.63. The number of halogens is 7. The molecule has 0 aromatic heterocycles. The van der Waals surface area contributed by atoms with Crippen molar-refractivity contribution in [3.05, 3.63) is 59.1 Å². The molecular formula is C19H15ClF6N2O4. The van der Waals surface area contributed by atoms with Gasteiger partial charge in [0.25, 0.3) is 5.91 Å². The zero-order valence-electron chi connectivity index (χ0n) is 16.1. The number of carbonyl (C=O) groups excluding carboxylic acids is 2. The number of hydrogen-bond donors (Lipinski definition) is 2. The van der Waals surface area contributed by atoms with E-state index >= 15 is 0 Å². The number of hydrogen-bond acceptors (Lipinski definition) is 5. The molecule has 2 N–H and O–H groups in total. The van der Waals surface area contributed by atoms with Gasteiger partial charge in [-0.05, 0) is 49.4 Å². The molecule has 0 saturated carbocycles. The van der Waals surface area contributed by atoms with Crippen LogP contribution in [0.25, 0.3) is 0 Å². The lowest BCUT2D eigenvalue weighted by Gasteiger charge is -2.35. The number of rotatable bonds is 7. The fourth-order valence-electron chi connectivity index (χ4n) is 2.46. The second-order valence-corrected chi connectivity index (χ2v) is 6.57. The Kier molecular flexibility index (Phi) is 7.50. The summed E-state index contributed by atoms with van der Waals surface area (Å²) in [5.41, 5.74) is -4.52. The summed E-state index contributed by atoms with van der Waals surface area (Å²) in [5.74, 6) is -3.92. The van der Waals surface area contributed by atoms with Gasteiger partial charge in [0.1, 0.15) is 5.75 Å². The number of amides is 1. The van der Waals surface area contributed by atoms with Crippen LogP contribution in [0.3, 0.4) is 0 Å². The molecule has 0 saturated heterocycles. The Morgan fingerprint density at radius 2 is 1.62 bits per heavy atom. The average Bonchev–Trinajstić information content (AvgIpc) is 2.67. The van der Waals surface area contributed by atoms with Gasteiger partial charge in [-0.25, -0.2) is 4.79 Å². The largest absolute Gasteiger partial charge is 0.573 e. The first kappa shape index (κ1) is 25.1. The van der Waals surface area contributed by atoms with Gasteiger partial charge in [0.15, 0.2) is 0 Å². The summed E-state index contributed by atoms with van der Waals surface area (Å²) in [7, 11) is 0. The van der Waals surface area contributed by atoms with Gasteiger partial charge < -0.3 is 20.1 Å². The third kappa shape index (κ3) is 6.19. The third-order valence-corrected chi connectivity index (χ3v) is 4.05. The summed E-state index contributed by atoms with van der Waals surface area (Å²) >= 11 is 5.75. The molecule has 0 spiro atoms. The number of nitrogens with one attached hydrogen (secondary N) is 2. The quantitative estimate of drug-likeness (QED) is 0.332. The molecule has 174 valence electrons. The Balaban J connectivity index is 2.45. The van der Waals surface area contributed by atoms with E-state index in [1.807, 2.05) is 5.32 Å². The van der Waals surface area contributed by atoms with E-state index in [1.165, 1.54) is 19.1 Å². The summed E-state index contributed by atoms with van der Waals surface area (Å²) in [5, 5.41) is 3.46. The van der Waals surface area contributed by atoms with Gasteiger partial charge in [0, 0.05) is 16.3 Å². The third-order valence-electron chi connectivity index (χ3n) is 3.81. The zero-order valence-corrected chi connectivity index (χ0v) is 16.9. The van der Waals surface area contributed by atoms with E-state index < -0.39 is 48.1 Å². The van der Waals surface area contributed by atoms with Crippen molar-refractivity contribution in [1.82, 2.24) is 5.32 Å². The number of anilines is 1. The van der Waals surface area contributed by atoms with E-state index in [0.29, 0.717) is 0 Å². The first-order valence-electron chi connectivity index (χ1n) is 8.73. The van der Waals surface area contributed by atoms with E-state index in [0.717, 1.165) is 36.4 Å². The maximum atomic E-state index is 14.1. The Labute approximate surface area is 182 Å². The standard InChI is InChI=1S/C19H15ClF6N2O4/c1-2-31-16(30)17(18(21,22)23,28-15(29)11-4-3-5-12(20)10-11)27-13-6-8-14(9-7-13)32-19(24,25)26/h3-10,27H,2H2,1H3,(H,28,29)/t17-/m1/s1. The van der Waals surface area contributed by atoms with Crippen LogP contribution in [-0.2, 0) is 9.53 Å². The lowest BCUT2D eigenvalue weighted by Crippen LogP contribution is -2.69. The molecule has 13 heteroatoms. The van der Waals surface area contributed by atoms with Crippen LogP contribution in [0.1, 0.15) is 17.3 Å². The first-order chi connectivity index (χ1) is 14.8. The van der Waals surface area contributed by atoms with E-state index in [1.54, 1.807) is 5.32 Å². The average molecular weight is 485 g/mol. The van der Waals surface area contributed by atoms with Crippen molar-refractivity contribution in [3.63, 3.8) is 0 Å². The molecule has 32 heavy (non-hydrogen) atoms. The molecule has 0 bridgehead atoms. The Morgan fingerprint density at radius 3 is 2.12 bits per heavy atom. The maximum Gasteiger partial charge on any atom is 0.573 e. The van der Waals surface area contributed by atoms with Crippen molar-refractivity contribution in [2.24, 2.45) is 0 Å². The minimum absolute atomic E-state index is 0.0552. The molecule has 2 aromatic carbocycles. The number of ether oxygens (including phenoxy) is 2. The normalized spacial score (nSPS) is 13.6. The fraction of sp³-hybridized carbons (Fsp3) is 0.263. The highest BCUT2D eigenvalue weighted by molar-refractivity contribution is 6.31. The molecule has 0 aliphatic rings. The molecule has 0 aliphatic heterocycles. The highest BCUT2D eigenvalue weighted by atomic mass is 35.5. The number of benzene rings is 2. The Bertz CT molecular complexity index is 966. The summed E-state index contributed by atoms with van der Waals surface area (Å²) in [6.45, 7) is 0.796. The Morgan fingerprint density at radius 1 is 1.00 bits per heavy atom. The van der Waals surface area contributed by atoms with Crippen LogP contribution in [0.5, 0.6) is 5.75 Å². The van der Waals surface area contributed by atoms with Gasteiger partial charge >= 0.3 is 24.2 Å². The fourth-order valence-corrected chi connectivity index (χ4v) is 2.65. The van der Waals surface area contributed by atoms with Crippen LogP contribution < -0.4 is 15.4 Å².